The van der Waals surface area contributed by atoms with Crippen molar-refractivity contribution in [2.24, 2.45) is 0 Å². The van der Waals surface area contributed by atoms with Gasteiger partial charge in [0, 0.05) is 18.1 Å². The second-order valence-electron chi connectivity index (χ2n) is 4.69. The largest absolute Gasteiger partial charge is 0.390 e. The molecule has 2 nitrogen and oxygen atoms in total. The van der Waals surface area contributed by atoms with Crippen LogP contribution in [0, 0.1) is 0 Å². The van der Waals surface area contributed by atoms with Crippen LogP contribution in [-0.2, 0) is 11.2 Å². The minimum Gasteiger partial charge on any atom is -0.390 e. The SMILES string of the molecule is CCOC(c1ccccc1)C(O)Cc1cccc(Cl)c1. The van der Waals surface area contributed by atoms with Gasteiger partial charge in [0.25, 0.3) is 0 Å². The highest BCUT2D eigenvalue weighted by Crippen LogP contribution is 2.24. The van der Waals surface area contributed by atoms with E-state index < -0.39 is 6.10 Å². The third kappa shape index (κ3) is 4.07. The van der Waals surface area contributed by atoms with Crippen molar-refractivity contribution < 1.29 is 9.84 Å². The number of benzene rings is 2. The van der Waals surface area contributed by atoms with Gasteiger partial charge in [0.15, 0.2) is 0 Å². The molecule has 20 heavy (non-hydrogen) atoms. The van der Waals surface area contributed by atoms with Crippen molar-refractivity contribution in [3.05, 3.63) is 70.7 Å². The van der Waals surface area contributed by atoms with Gasteiger partial charge < -0.3 is 9.84 Å². The smallest absolute Gasteiger partial charge is 0.109 e. The van der Waals surface area contributed by atoms with Gasteiger partial charge in [-0.25, -0.2) is 0 Å². The maximum Gasteiger partial charge on any atom is 0.109 e. The first-order valence-corrected chi connectivity index (χ1v) is 7.17. The van der Waals surface area contributed by atoms with Gasteiger partial charge in [-0.3, -0.25) is 0 Å². The van der Waals surface area contributed by atoms with Gasteiger partial charge in [-0.15, -0.1) is 0 Å². The van der Waals surface area contributed by atoms with E-state index in [0.717, 1.165) is 11.1 Å². The predicted octanol–water partition coefficient (Wildman–Crippen LogP) is 4.02. The van der Waals surface area contributed by atoms with Crippen LogP contribution >= 0.6 is 11.6 Å². The molecule has 0 bridgehead atoms. The summed E-state index contributed by atoms with van der Waals surface area (Å²) in [4.78, 5) is 0. The van der Waals surface area contributed by atoms with Crippen molar-refractivity contribution in [2.45, 2.75) is 25.6 Å². The Balaban J connectivity index is 2.13. The number of aliphatic hydroxyl groups excluding tert-OH is 1. The van der Waals surface area contributed by atoms with Crippen LogP contribution < -0.4 is 0 Å². The second-order valence-corrected chi connectivity index (χ2v) is 5.12. The lowest BCUT2D eigenvalue weighted by Gasteiger charge is -2.23. The molecular weight excluding hydrogens is 272 g/mol. The summed E-state index contributed by atoms with van der Waals surface area (Å²) in [6.07, 6.45) is -0.406. The van der Waals surface area contributed by atoms with Crippen LogP contribution in [0.2, 0.25) is 5.02 Å². The number of halogens is 1. The number of ether oxygens (including phenoxy) is 1. The van der Waals surface area contributed by atoms with Crippen molar-refractivity contribution in [3.8, 4) is 0 Å². The molecule has 0 aromatic heterocycles. The van der Waals surface area contributed by atoms with E-state index >= 15 is 0 Å². The van der Waals surface area contributed by atoms with Crippen LogP contribution in [0.3, 0.4) is 0 Å². The highest BCUT2D eigenvalue weighted by atomic mass is 35.5. The summed E-state index contributed by atoms with van der Waals surface area (Å²) in [5.74, 6) is 0. The molecule has 3 heteroatoms. The Morgan fingerprint density at radius 1 is 1.10 bits per heavy atom. The quantitative estimate of drug-likeness (QED) is 0.871. The molecule has 0 radical (unpaired) electrons. The lowest BCUT2D eigenvalue weighted by molar-refractivity contribution is -0.0339. The lowest BCUT2D eigenvalue weighted by Crippen LogP contribution is -2.23. The third-order valence-electron chi connectivity index (χ3n) is 3.16. The van der Waals surface area contributed by atoms with E-state index in [2.05, 4.69) is 0 Å². The highest BCUT2D eigenvalue weighted by molar-refractivity contribution is 6.30. The van der Waals surface area contributed by atoms with Crippen molar-refractivity contribution in [1.82, 2.24) is 0 Å². The summed E-state index contributed by atoms with van der Waals surface area (Å²) in [5, 5.41) is 11.2. The average Bonchev–Trinajstić information content (AvgIpc) is 2.45. The Morgan fingerprint density at radius 3 is 2.50 bits per heavy atom. The van der Waals surface area contributed by atoms with Gasteiger partial charge in [-0.2, -0.15) is 0 Å². The Hall–Kier alpha value is -1.35. The maximum absolute atomic E-state index is 10.5. The topological polar surface area (TPSA) is 29.5 Å². The summed E-state index contributed by atoms with van der Waals surface area (Å²) in [5.41, 5.74) is 1.99. The van der Waals surface area contributed by atoms with E-state index in [9.17, 15) is 5.11 Å². The van der Waals surface area contributed by atoms with Crippen molar-refractivity contribution in [3.63, 3.8) is 0 Å². The molecule has 0 fully saturated rings. The first-order valence-electron chi connectivity index (χ1n) is 6.79. The molecule has 0 spiro atoms. The standard InChI is InChI=1S/C17H19ClO2/c1-2-20-17(14-8-4-3-5-9-14)16(19)12-13-7-6-10-15(18)11-13/h3-11,16-17,19H,2,12H2,1H3. The van der Waals surface area contributed by atoms with Crippen LogP contribution in [0.25, 0.3) is 0 Å². The van der Waals surface area contributed by atoms with E-state index in [1.54, 1.807) is 0 Å². The normalized spacial score (nSPS) is 13.9. The number of hydrogen-bond donors (Lipinski definition) is 1. The molecule has 2 unspecified atom stereocenters. The van der Waals surface area contributed by atoms with E-state index in [1.807, 2.05) is 61.5 Å². The summed E-state index contributed by atoms with van der Waals surface area (Å²) < 4.78 is 5.71. The van der Waals surface area contributed by atoms with Crippen LogP contribution in [-0.4, -0.2) is 17.8 Å². The Morgan fingerprint density at radius 2 is 1.85 bits per heavy atom. The molecular formula is C17H19ClO2. The number of aliphatic hydroxyl groups is 1. The molecule has 0 saturated heterocycles. The van der Waals surface area contributed by atoms with Crippen molar-refractivity contribution >= 4 is 11.6 Å². The molecule has 0 heterocycles. The molecule has 0 aliphatic heterocycles. The molecule has 2 aromatic carbocycles. The fourth-order valence-electron chi connectivity index (χ4n) is 2.26. The summed E-state index contributed by atoms with van der Waals surface area (Å²) in [6, 6.07) is 17.4. The molecule has 1 N–H and O–H groups in total. The zero-order valence-corrected chi connectivity index (χ0v) is 12.3. The zero-order chi connectivity index (χ0) is 14.4. The molecule has 2 rings (SSSR count). The summed E-state index contributed by atoms with van der Waals surface area (Å²) in [7, 11) is 0. The van der Waals surface area contributed by atoms with Crippen molar-refractivity contribution in [1.29, 1.82) is 0 Å². The van der Waals surface area contributed by atoms with Gasteiger partial charge in [0.2, 0.25) is 0 Å². The molecule has 0 aliphatic carbocycles. The van der Waals surface area contributed by atoms with E-state index in [0.29, 0.717) is 18.1 Å². The van der Waals surface area contributed by atoms with Crippen LogP contribution in [0.15, 0.2) is 54.6 Å². The third-order valence-corrected chi connectivity index (χ3v) is 3.39. The monoisotopic (exact) mass is 290 g/mol. The summed E-state index contributed by atoms with van der Waals surface area (Å²) in [6.45, 7) is 2.49. The average molecular weight is 291 g/mol. The fourth-order valence-corrected chi connectivity index (χ4v) is 2.48. The van der Waals surface area contributed by atoms with Crippen molar-refractivity contribution in [2.75, 3.05) is 6.61 Å². The maximum atomic E-state index is 10.5. The fraction of sp³-hybridized carbons (Fsp3) is 0.294. The molecule has 0 amide bonds. The van der Waals surface area contributed by atoms with Gasteiger partial charge in [0.1, 0.15) is 6.10 Å². The number of hydrogen-bond acceptors (Lipinski definition) is 2. The van der Waals surface area contributed by atoms with Gasteiger partial charge in [-0.1, -0.05) is 54.1 Å². The Labute approximate surface area is 125 Å². The zero-order valence-electron chi connectivity index (χ0n) is 11.5. The lowest BCUT2D eigenvalue weighted by atomic mass is 9.98. The highest BCUT2D eigenvalue weighted by Gasteiger charge is 2.21. The summed E-state index contributed by atoms with van der Waals surface area (Å²) >= 11 is 5.97. The second kappa shape index (κ2) is 7.44. The first-order chi connectivity index (χ1) is 9.70. The van der Waals surface area contributed by atoms with E-state index in [-0.39, 0.29) is 6.10 Å². The van der Waals surface area contributed by atoms with Gasteiger partial charge in [0.05, 0.1) is 6.10 Å². The van der Waals surface area contributed by atoms with Crippen LogP contribution in [0.4, 0.5) is 0 Å². The van der Waals surface area contributed by atoms with Gasteiger partial charge in [-0.05, 0) is 30.2 Å². The van der Waals surface area contributed by atoms with Crippen LogP contribution in [0.5, 0.6) is 0 Å². The van der Waals surface area contributed by atoms with Gasteiger partial charge >= 0.3 is 0 Å². The number of rotatable bonds is 6. The first kappa shape index (κ1) is 15.0. The predicted molar refractivity (Wildman–Crippen MR) is 82.0 cm³/mol. The Bertz CT molecular complexity index is 528. The molecule has 0 aliphatic rings. The van der Waals surface area contributed by atoms with E-state index in [4.69, 9.17) is 16.3 Å². The molecule has 2 atom stereocenters. The van der Waals surface area contributed by atoms with Crippen LogP contribution in [0.1, 0.15) is 24.2 Å². The molecule has 106 valence electrons. The molecule has 2 aromatic rings. The Kier molecular flexibility index (Phi) is 5.60. The minimum atomic E-state index is -0.601. The molecule has 0 saturated carbocycles. The van der Waals surface area contributed by atoms with E-state index in [1.165, 1.54) is 0 Å². The minimum absolute atomic E-state index is 0.319.